The first-order valence-corrected chi connectivity index (χ1v) is 9.97. The van der Waals surface area contributed by atoms with Gasteiger partial charge in [0.1, 0.15) is 5.75 Å². The average Bonchev–Trinajstić information content (AvgIpc) is 2.80. The second kappa shape index (κ2) is 11.0. The van der Waals surface area contributed by atoms with Crippen LogP contribution in [0.5, 0.6) is 5.75 Å². The second-order valence-electron chi connectivity index (χ2n) is 6.78. The van der Waals surface area contributed by atoms with Gasteiger partial charge < -0.3 is 30.9 Å². The number of nitrogens with one attached hydrogen (secondary N) is 3. The molecule has 0 saturated carbocycles. The second-order valence-corrected chi connectivity index (χ2v) is 6.78. The fourth-order valence-electron chi connectivity index (χ4n) is 2.62. The Hall–Kier alpha value is -3.76. The molecule has 0 radical (unpaired) electrons. The van der Waals surface area contributed by atoms with Crippen molar-refractivity contribution in [3.05, 3.63) is 60.5 Å². The number of nitrogens with zero attached hydrogens (tertiary/aromatic N) is 2. The molecule has 32 heavy (non-hydrogen) atoms. The van der Waals surface area contributed by atoms with E-state index in [1.54, 1.807) is 30.3 Å². The Kier molecular flexibility index (Phi) is 7.90. The summed E-state index contributed by atoms with van der Waals surface area (Å²) >= 11 is 0. The molecule has 2 aromatic carbocycles. The van der Waals surface area contributed by atoms with Crippen molar-refractivity contribution in [1.29, 1.82) is 0 Å². The SMILES string of the molecule is CCCOc1ccc(Nc2ncc(F)c(Nc3cccc(NC(=O)C(O)CO)c3)n2)cc1. The first-order valence-electron chi connectivity index (χ1n) is 9.97. The maximum absolute atomic E-state index is 14.3. The molecule has 1 aromatic heterocycles. The Bertz CT molecular complexity index is 1050. The summed E-state index contributed by atoms with van der Waals surface area (Å²) in [4.78, 5) is 19.8. The first-order chi connectivity index (χ1) is 15.5. The van der Waals surface area contributed by atoms with Gasteiger partial charge in [-0.2, -0.15) is 4.98 Å². The number of aromatic nitrogens is 2. The quantitative estimate of drug-likeness (QED) is 0.325. The van der Waals surface area contributed by atoms with Crippen LogP contribution in [-0.4, -0.2) is 45.4 Å². The van der Waals surface area contributed by atoms with E-state index in [4.69, 9.17) is 9.84 Å². The molecule has 0 aliphatic rings. The van der Waals surface area contributed by atoms with Gasteiger partial charge in [-0.25, -0.2) is 9.37 Å². The number of halogens is 1. The molecule has 1 unspecified atom stereocenters. The van der Waals surface area contributed by atoms with Gasteiger partial charge in [-0.3, -0.25) is 4.79 Å². The van der Waals surface area contributed by atoms with E-state index < -0.39 is 24.4 Å². The number of benzene rings is 2. The third-order valence-electron chi connectivity index (χ3n) is 4.20. The lowest BCUT2D eigenvalue weighted by Crippen LogP contribution is -2.30. The number of aliphatic hydroxyl groups excluding tert-OH is 2. The minimum Gasteiger partial charge on any atom is -0.494 e. The van der Waals surface area contributed by atoms with Crippen LogP contribution in [0.4, 0.5) is 33.2 Å². The van der Waals surface area contributed by atoms with Gasteiger partial charge in [0.2, 0.25) is 5.95 Å². The molecule has 0 saturated heterocycles. The van der Waals surface area contributed by atoms with Crippen LogP contribution in [0.15, 0.2) is 54.7 Å². The summed E-state index contributed by atoms with van der Waals surface area (Å²) in [6.07, 6.45) is 0.422. The van der Waals surface area contributed by atoms with Crippen molar-refractivity contribution in [3.8, 4) is 5.75 Å². The molecule has 0 spiro atoms. The van der Waals surface area contributed by atoms with Gasteiger partial charge in [0.05, 0.1) is 19.4 Å². The first kappa shape index (κ1) is 22.9. The topological polar surface area (TPSA) is 129 Å². The Balaban J connectivity index is 1.70. The predicted octanol–water partition coefficient (Wildman–Crippen LogP) is 3.18. The van der Waals surface area contributed by atoms with Crippen molar-refractivity contribution < 1.29 is 24.1 Å². The van der Waals surface area contributed by atoms with Crippen LogP contribution in [0.1, 0.15) is 13.3 Å². The number of carbonyl (C=O) groups is 1. The van der Waals surface area contributed by atoms with Gasteiger partial charge in [0.15, 0.2) is 17.7 Å². The van der Waals surface area contributed by atoms with E-state index in [1.165, 1.54) is 6.07 Å². The highest BCUT2D eigenvalue weighted by molar-refractivity contribution is 5.94. The lowest BCUT2D eigenvalue weighted by Gasteiger charge is -2.12. The number of amides is 1. The number of ether oxygens (including phenoxy) is 1. The van der Waals surface area contributed by atoms with Crippen molar-refractivity contribution in [2.45, 2.75) is 19.4 Å². The van der Waals surface area contributed by atoms with Crippen LogP contribution in [0.3, 0.4) is 0 Å². The van der Waals surface area contributed by atoms with Crippen molar-refractivity contribution in [3.63, 3.8) is 0 Å². The number of hydrogen-bond acceptors (Lipinski definition) is 8. The lowest BCUT2D eigenvalue weighted by molar-refractivity contribution is -0.125. The molecule has 0 aliphatic heterocycles. The van der Waals surface area contributed by atoms with Crippen LogP contribution in [0.25, 0.3) is 0 Å². The lowest BCUT2D eigenvalue weighted by atomic mass is 10.2. The summed E-state index contributed by atoms with van der Waals surface area (Å²) in [5.74, 6) is -0.548. The predicted molar refractivity (Wildman–Crippen MR) is 119 cm³/mol. The maximum atomic E-state index is 14.3. The van der Waals surface area contributed by atoms with Crippen molar-refractivity contribution in [1.82, 2.24) is 9.97 Å². The Labute approximate surface area is 184 Å². The van der Waals surface area contributed by atoms with Gasteiger partial charge in [-0.1, -0.05) is 13.0 Å². The molecule has 3 rings (SSSR count). The Morgan fingerprint density at radius 2 is 1.88 bits per heavy atom. The summed E-state index contributed by atoms with van der Waals surface area (Å²) in [5.41, 5.74) is 1.51. The van der Waals surface area contributed by atoms with Crippen molar-refractivity contribution in [2.24, 2.45) is 0 Å². The fourth-order valence-corrected chi connectivity index (χ4v) is 2.62. The minimum absolute atomic E-state index is 0.0655. The van der Waals surface area contributed by atoms with Gasteiger partial charge >= 0.3 is 0 Å². The molecule has 0 bridgehead atoms. The third kappa shape index (κ3) is 6.37. The monoisotopic (exact) mass is 441 g/mol. The summed E-state index contributed by atoms with van der Waals surface area (Å²) in [7, 11) is 0. The normalized spacial score (nSPS) is 11.5. The van der Waals surface area contributed by atoms with Crippen molar-refractivity contribution in [2.75, 3.05) is 29.2 Å². The number of hydrogen-bond donors (Lipinski definition) is 5. The summed E-state index contributed by atoms with van der Waals surface area (Å²) in [6.45, 7) is 1.97. The van der Waals surface area contributed by atoms with Crippen LogP contribution >= 0.6 is 0 Å². The van der Waals surface area contributed by atoms with Gasteiger partial charge in [-0.15, -0.1) is 0 Å². The van der Waals surface area contributed by atoms with E-state index in [-0.39, 0.29) is 11.8 Å². The zero-order valence-electron chi connectivity index (χ0n) is 17.4. The smallest absolute Gasteiger partial charge is 0.255 e. The molecular formula is C22H24FN5O4. The van der Waals surface area contributed by atoms with E-state index in [0.717, 1.165) is 18.4 Å². The highest BCUT2D eigenvalue weighted by Gasteiger charge is 2.14. The summed E-state index contributed by atoms with van der Waals surface area (Å²) < 4.78 is 19.8. The van der Waals surface area contributed by atoms with Gasteiger partial charge in [0.25, 0.3) is 5.91 Å². The highest BCUT2D eigenvalue weighted by Crippen LogP contribution is 2.23. The highest BCUT2D eigenvalue weighted by atomic mass is 19.1. The summed E-state index contributed by atoms with van der Waals surface area (Å²) in [5, 5.41) is 26.5. The number of carbonyl (C=O) groups excluding carboxylic acids is 1. The molecule has 1 atom stereocenters. The largest absolute Gasteiger partial charge is 0.494 e. The van der Waals surface area contributed by atoms with Gasteiger partial charge in [-0.05, 0) is 48.9 Å². The number of rotatable bonds is 10. The van der Waals surface area contributed by atoms with E-state index in [1.807, 2.05) is 19.1 Å². The number of anilines is 5. The maximum Gasteiger partial charge on any atom is 0.255 e. The molecule has 3 aromatic rings. The standard InChI is InChI=1S/C22H24FN5O4/c1-2-10-32-17-8-6-14(7-9-17)27-22-24-12-18(23)20(28-22)25-15-4-3-5-16(11-15)26-21(31)19(30)13-29/h3-9,11-12,19,29-30H,2,10,13H2,1H3,(H,26,31)(H2,24,25,27,28). The van der Waals surface area contributed by atoms with Crippen LogP contribution < -0.4 is 20.7 Å². The summed E-state index contributed by atoms with van der Waals surface area (Å²) in [6, 6.07) is 13.6. The number of aliphatic hydroxyl groups is 2. The van der Waals surface area contributed by atoms with E-state index in [2.05, 4.69) is 25.9 Å². The third-order valence-corrected chi connectivity index (χ3v) is 4.20. The Morgan fingerprint density at radius 1 is 1.12 bits per heavy atom. The van der Waals surface area contributed by atoms with Crippen molar-refractivity contribution >= 4 is 34.7 Å². The van der Waals surface area contributed by atoms with Crippen LogP contribution in [0.2, 0.25) is 0 Å². The molecule has 1 amide bonds. The van der Waals surface area contributed by atoms with E-state index in [0.29, 0.717) is 23.7 Å². The molecule has 0 aliphatic carbocycles. The zero-order chi connectivity index (χ0) is 22.9. The molecule has 0 fully saturated rings. The van der Waals surface area contributed by atoms with Gasteiger partial charge in [0, 0.05) is 17.1 Å². The molecule has 9 nitrogen and oxygen atoms in total. The fraction of sp³-hybridized carbons (Fsp3) is 0.227. The molecule has 168 valence electrons. The minimum atomic E-state index is -1.54. The average molecular weight is 441 g/mol. The van der Waals surface area contributed by atoms with E-state index in [9.17, 15) is 14.3 Å². The molecule has 5 N–H and O–H groups in total. The molecule has 1 heterocycles. The molecular weight excluding hydrogens is 417 g/mol. The van der Waals surface area contributed by atoms with E-state index >= 15 is 0 Å². The van der Waals surface area contributed by atoms with Crippen LogP contribution in [0, 0.1) is 5.82 Å². The zero-order valence-corrected chi connectivity index (χ0v) is 17.4. The molecule has 10 heteroatoms. The Morgan fingerprint density at radius 3 is 2.59 bits per heavy atom. The van der Waals surface area contributed by atoms with Crippen LogP contribution in [-0.2, 0) is 4.79 Å².